The van der Waals surface area contributed by atoms with Crippen molar-refractivity contribution >= 4 is 17.6 Å². The van der Waals surface area contributed by atoms with Gasteiger partial charge in [-0.25, -0.2) is 9.18 Å². The van der Waals surface area contributed by atoms with Gasteiger partial charge in [0.1, 0.15) is 11.6 Å². The number of benzene rings is 1. The van der Waals surface area contributed by atoms with E-state index in [1.807, 2.05) is 27.7 Å². The van der Waals surface area contributed by atoms with E-state index >= 15 is 0 Å². The van der Waals surface area contributed by atoms with Crippen LogP contribution in [0.2, 0.25) is 0 Å². The van der Waals surface area contributed by atoms with Crippen LogP contribution in [0.1, 0.15) is 40.5 Å². The SMILES string of the molecule is CC[C@@H](C)NC(=O)CCNC(=O)Nc1ccc(OC(C)C)cc1F. The molecule has 0 heterocycles. The Labute approximate surface area is 142 Å². The first-order valence-corrected chi connectivity index (χ1v) is 8.12. The summed E-state index contributed by atoms with van der Waals surface area (Å²) in [7, 11) is 0. The molecule has 1 aromatic carbocycles. The highest BCUT2D eigenvalue weighted by Crippen LogP contribution is 2.21. The van der Waals surface area contributed by atoms with Gasteiger partial charge in [-0.2, -0.15) is 0 Å². The minimum Gasteiger partial charge on any atom is -0.491 e. The van der Waals surface area contributed by atoms with Gasteiger partial charge in [0.15, 0.2) is 0 Å². The number of ether oxygens (including phenoxy) is 1. The van der Waals surface area contributed by atoms with E-state index in [0.717, 1.165) is 6.42 Å². The van der Waals surface area contributed by atoms with E-state index in [9.17, 15) is 14.0 Å². The Hall–Kier alpha value is -2.31. The molecule has 3 amide bonds. The molecule has 0 aromatic heterocycles. The number of amides is 3. The summed E-state index contributed by atoms with van der Waals surface area (Å²) in [6, 6.07) is 3.77. The second kappa shape index (κ2) is 9.75. The molecule has 0 aliphatic carbocycles. The lowest BCUT2D eigenvalue weighted by Crippen LogP contribution is -2.36. The zero-order valence-corrected chi connectivity index (χ0v) is 14.6. The van der Waals surface area contributed by atoms with E-state index in [2.05, 4.69) is 16.0 Å². The minimum absolute atomic E-state index is 0.0488. The molecule has 0 spiro atoms. The van der Waals surface area contributed by atoms with Crippen molar-refractivity contribution in [2.24, 2.45) is 0 Å². The Bertz CT molecular complexity index is 564. The quantitative estimate of drug-likeness (QED) is 0.681. The largest absolute Gasteiger partial charge is 0.491 e. The average Bonchev–Trinajstić information content (AvgIpc) is 2.49. The van der Waals surface area contributed by atoms with E-state index in [4.69, 9.17) is 4.74 Å². The van der Waals surface area contributed by atoms with Gasteiger partial charge in [-0.05, 0) is 39.3 Å². The van der Waals surface area contributed by atoms with Crippen LogP contribution in [0.15, 0.2) is 18.2 Å². The number of nitrogens with one attached hydrogen (secondary N) is 3. The Kier molecular flexibility index (Phi) is 8.01. The average molecular weight is 339 g/mol. The van der Waals surface area contributed by atoms with Gasteiger partial charge in [0.25, 0.3) is 0 Å². The lowest BCUT2D eigenvalue weighted by atomic mass is 10.2. The molecular weight excluding hydrogens is 313 g/mol. The number of carbonyl (C=O) groups is 2. The van der Waals surface area contributed by atoms with Gasteiger partial charge in [-0.1, -0.05) is 6.92 Å². The van der Waals surface area contributed by atoms with Gasteiger partial charge >= 0.3 is 6.03 Å². The molecule has 0 aliphatic rings. The molecule has 7 heteroatoms. The second-order valence-electron chi connectivity index (χ2n) is 5.82. The van der Waals surface area contributed by atoms with Crippen molar-refractivity contribution in [3.63, 3.8) is 0 Å². The number of hydrogen-bond donors (Lipinski definition) is 3. The van der Waals surface area contributed by atoms with Crippen molar-refractivity contribution in [1.82, 2.24) is 10.6 Å². The third-order valence-corrected chi connectivity index (χ3v) is 3.22. The van der Waals surface area contributed by atoms with Gasteiger partial charge in [0.05, 0.1) is 11.8 Å². The third kappa shape index (κ3) is 7.30. The van der Waals surface area contributed by atoms with Crippen LogP contribution in [-0.4, -0.2) is 30.6 Å². The van der Waals surface area contributed by atoms with Crippen LogP contribution in [0.25, 0.3) is 0 Å². The summed E-state index contributed by atoms with van der Waals surface area (Å²) >= 11 is 0. The van der Waals surface area contributed by atoms with Crippen molar-refractivity contribution < 1.29 is 18.7 Å². The molecular formula is C17H26FN3O3. The second-order valence-corrected chi connectivity index (χ2v) is 5.82. The molecule has 1 atom stereocenters. The van der Waals surface area contributed by atoms with Crippen molar-refractivity contribution in [1.29, 1.82) is 0 Å². The molecule has 0 aliphatic heterocycles. The van der Waals surface area contributed by atoms with E-state index in [0.29, 0.717) is 5.75 Å². The molecule has 1 aromatic rings. The van der Waals surface area contributed by atoms with Crippen molar-refractivity contribution in [2.45, 2.75) is 52.7 Å². The lowest BCUT2D eigenvalue weighted by molar-refractivity contribution is -0.121. The highest BCUT2D eigenvalue weighted by atomic mass is 19.1. The number of urea groups is 1. The minimum atomic E-state index is -0.585. The van der Waals surface area contributed by atoms with Crippen molar-refractivity contribution in [3.8, 4) is 5.75 Å². The topological polar surface area (TPSA) is 79.5 Å². The monoisotopic (exact) mass is 339 g/mol. The van der Waals surface area contributed by atoms with E-state index < -0.39 is 11.8 Å². The molecule has 24 heavy (non-hydrogen) atoms. The van der Waals surface area contributed by atoms with Crippen molar-refractivity contribution in [2.75, 3.05) is 11.9 Å². The number of halogens is 1. The van der Waals surface area contributed by atoms with Crippen LogP contribution < -0.4 is 20.7 Å². The number of rotatable bonds is 8. The smallest absolute Gasteiger partial charge is 0.319 e. The van der Waals surface area contributed by atoms with Crippen LogP contribution in [0, 0.1) is 5.82 Å². The first-order chi connectivity index (χ1) is 11.3. The molecule has 3 N–H and O–H groups in total. The highest BCUT2D eigenvalue weighted by molar-refractivity contribution is 5.89. The third-order valence-electron chi connectivity index (χ3n) is 3.22. The summed E-state index contributed by atoms with van der Waals surface area (Å²) in [5.41, 5.74) is 0.0488. The van der Waals surface area contributed by atoms with E-state index in [1.54, 1.807) is 6.07 Å². The Morgan fingerprint density at radius 3 is 2.54 bits per heavy atom. The van der Waals surface area contributed by atoms with Crippen molar-refractivity contribution in [3.05, 3.63) is 24.0 Å². The van der Waals surface area contributed by atoms with Gasteiger partial charge in [0, 0.05) is 25.1 Å². The number of anilines is 1. The molecule has 0 bridgehead atoms. The van der Waals surface area contributed by atoms with Crippen LogP contribution in [0.3, 0.4) is 0 Å². The van der Waals surface area contributed by atoms with Gasteiger partial charge in [0.2, 0.25) is 5.91 Å². The van der Waals surface area contributed by atoms with Crippen LogP contribution in [-0.2, 0) is 4.79 Å². The maximum absolute atomic E-state index is 13.9. The molecule has 0 radical (unpaired) electrons. The molecule has 6 nitrogen and oxygen atoms in total. The Morgan fingerprint density at radius 2 is 1.96 bits per heavy atom. The number of hydrogen-bond acceptors (Lipinski definition) is 3. The summed E-state index contributed by atoms with van der Waals surface area (Å²) in [6.07, 6.45) is 0.949. The Morgan fingerprint density at radius 1 is 1.25 bits per heavy atom. The molecule has 0 saturated heterocycles. The van der Waals surface area contributed by atoms with Crippen LogP contribution in [0.4, 0.5) is 14.9 Å². The van der Waals surface area contributed by atoms with Crippen LogP contribution >= 0.6 is 0 Å². The fourth-order valence-electron chi connectivity index (χ4n) is 1.85. The maximum atomic E-state index is 13.9. The molecule has 0 fully saturated rings. The fourth-order valence-corrected chi connectivity index (χ4v) is 1.85. The predicted molar refractivity (Wildman–Crippen MR) is 91.7 cm³/mol. The summed E-state index contributed by atoms with van der Waals surface area (Å²) < 4.78 is 19.3. The molecule has 1 rings (SSSR count). The maximum Gasteiger partial charge on any atom is 0.319 e. The standard InChI is InChI=1S/C17H26FN3O3/c1-5-12(4)20-16(22)8-9-19-17(23)21-15-7-6-13(10-14(15)18)24-11(2)3/h6-7,10-12H,5,8-9H2,1-4H3,(H,20,22)(H2,19,21,23)/t12-/m1/s1. The first kappa shape index (κ1) is 19.7. The zero-order chi connectivity index (χ0) is 18.1. The molecule has 0 unspecified atom stereocenters. The predicted octanol–water partition coefficient (Wildman–Crippen LogP) is 3.04. The normalized spacial score (nSPS) is 11.8. The van der Waals surface area contributed by atoms with E-state index in [1.165, 1.54) is 12.1 Å². The van der Waals surface area contributed by atoms with Gasteiger partial charge < -0.3 is 20.7 Å². The summed E-state index contributed by atoms with van der Waals surface area (Å²) in [6.45, 7) is 7.74. The Balaban J connectivity index is 2.41. The van der Waals surface area contributed by atoms with E-state index in [-0.39, 0.29) is 36.7 Å². The number of carbonyl (C=O) groups excluding carboxylic acids is 2. The summed E-state index contributed by atoms with van der Waals surface area (Å²) in [5.74, 6) is -0.320. The lowest BCUT2D eigenvalue weighted by Gasteiger charge is -2.13. The first-order valence-electron chi connectivity index (χ1n) is 8.12. The summed E-state index contributed by atoms with van der Waals surface area (Å²) in [4.78, 5) is 23.3. The van der Waals surface area contributed by atoms with Gasteiger partial charge in [-0.3, -0.25) is 4.79 Å². The van der Waals surface area contributed by atoms with Gasteiger partial charge in [-0.15, -0.1) is 0 Å². The highest BCUT2D eigenvalue weighted by Gasteiger charge is 2.10. The summed E-state index contributed by atoms with van der Waals surface area (Å²) in [5, 5.41) is 7.72. The molecule has 0 saturated carbocycles. The molecule has 134 valence electrons. The zero-order valence-electron chi connectivity index (χ0n) is 14.6. The fraction of sp³-hybridized carbons (Fsp3) is 0.529. The van der Waals surface area contributed by atoms with Crippen LogP contribution in [0.5, 0.6) is 5.75 Å².